The number of anilines is 1. The maximum atomic E-state index is 12.1. The number of aromatic nitrogens is 2. The molecule has 0 fully saturated rings. The quantitative estimate of drug-likeness (QED) is 0.881. The number of nitrogens with two attached hydrogens (primary N) is 1. The summed E-state index contributed by atoms with van der Waals surface area (Å²) in [5, 5.41) is 0. The van der Waals surface area contributed by atoms with Gasteiger partial charge in [0.25, 0.3) is 0 Å². The lowest BCUT2D eigenvalue weighted by Crippen LogP contribution is -2.31. The van der Waals surface area contributed by atoms with E-state index in [1.54, 1.807) is 7.11 Å². The van der Waals surface area contributed by atoms with Crippen molar-refractivity contribution in [3.63, 3.8) is 0 Å². The van der Waals surface area contributed by atoms with Crippen molar-refractivity contribution >= 4 is 22.9 Å². The molecule has 2 rings (SSSR count). The summed E-state index contributed by atoms with van der Waals surface area (Å²) in [5.41, 5.74) is 7.59. The second-order valence-electron chi connectivity index (χ2n) is 4.77. The van der Waals surface area contributed by atoms with E-state index in [2.05, 4.69) is 4.98 Å². The van der Waals surface area contributed by atoms with Crippen LogP contribution in [0.15, 0.2) is 18.2 Å². The molecule has 114 valence electrons. The Hall–Kier alpha value is -2.24. The van der Waals surface area contributed by atoms with E-state index in [1.807, 2.05) is 41.5 Å². The average Bonchev–Trinajstić information content (AvgIpc) is 2.81. The molecular formula is C15H22N4O2. The van der Waals surface area contributed by atoms with E-state index >= 15 is 0 Å². The van der Waals surface area contributed by atoms with Gasteiger partial charge in [-0.2, -0.15) is 0 Å². The summed E-state index contributed by atoms with van der Waals surface area (Å²) in [6, 6.07) is 5.67. The van der Waals surface area contributed by atoms with Crippen LogP contribution in [0.25, 0.3) is 11.0 Å². The minimum absolute atomic E-state index is 0.129. The van der Waals surface area contributed by atoms with Gasteiger partial charge in [0.1, 0.15) is 11.3 Å². The predicted molar refractivity (Wildman–Crippen MR) is 83.2 cm³/mol. The summed E-state index contributed by atoms with van der Waals surface area (Å²) in [5.74, 6) is 1.22. The first kappa shape index (κ1) is 15.2. The van der Waals surface area contributed by atoms with Gasteiger partial charge in [-0.15, -0.1) is 0 Å². The van der Waals surface area contributed by atoms with Crippen LogP contribution in [0.4, 0.5) is 5.95 Å². The van der Waals surface area contributed by atoms with E-state index in [0.29, 0.717) is 24.7 Å². The normalized spacial score (nSPS) is 10.8. The van der Waals surface area contributed by atoms with Crippen LogP contribution in [-0.4, -0.2) is 40.6 Å². The lowest BCUT2D eigenvalue weighted by molar-refractivity contribution is -0.131. The van der Waals surface area contributed by atoms with Gasteiger partial charge in [-0.25, -0.2) is 4.98 Å². The first-order chi connectivity index (χ1) is 10.1. The molecule has 0 saturated carbocycles. The van der Waals surface area contributed by atoms with Gasteiger partial charge in [-0.05, 0) is 26.0 Å². The van der Waals surface area contributed by atoms with Crippen LogP contribution in [0.1, 0.15) is 20.3 Å². The Morgan fingerprint density at radius 3 is 2.71 bits per heavy atom. The Labute approximate surface area is 124 Å². The van der Waals surface area contributed by atoms with Crippen molar-refractivity contribution in [2.45, 2.75) is 26.8 Å². The summed E-state index contributed by atoms with van der Waals surface area (Å²) in [6.45, 7) is 5.93. The van der Waals surface area contributed by atoms with Crippen LogP contribution in [0.3, 0.4) is 0 Å². The second-order valence-corrected chi connectivity index (χ2v) is 4.77. The number of carbonyl (C=O) groups excluding carboxylic acids is 1. The summed E-state index contributed by atoms with van der Waals surface area (Å²) in [6.07, 6.45) is 0.411. The van der Waals surface area contributed by atoms with E-state index in [4.69, 9.17) is 10.5 Å². The van der Waals surface area contributed by atoms with E-state index in [0.717, 1.165) is 24.1 Å². The fraction of sp³-hybridized carbons (Fsp3) is 0.467. The molecule has 6 nitrogen and oxygen atoms in total. The summed E-state index contributed by atoms with van der Waals surface area (Å²) in [4.78, 5) is 18.3. The molecule has 2 N–H and O–H groups in total. The molecule has 2 aromatic rings. The summed E-state index contributed by atoms with van der Waals surface area (Å²) < 4.78 is 7.15. The topological polar surface area (TPSA) is 73.4 Å². The minimum atomic E-state index is 0.129. The standard InChI is InChI=1S/C15H22N4O2/c1-4-18(5-2)13(20)9-10-19-11-7-6-8-12(21-3)14(11)17-15(19)16/h6-8H,4-5,9-10H2,1-3H3,(H2,16,17). The highest BCUT2D eigenvalue weighted by atomic mass is 16.5. The van der Waals surface area contributed by atoms with E-state index in [-0.39, 0.29) is 5.91 Å². The van der Waals surface area contributed by atoms with Gasteiger partial charge in [0.2, 0.25) is 11.9 Å². The van der Waals surface area contributed by atoms with Crippen molar-refractivity contribution in [1.29, 1.82) is 0 Å². The number of carbonyl (C=O) groups is 1. The molecule has 0 aliphatic rings. The molecule has 21 heavy (non-hydrogen) atoms. The number of nitrogen functional groups attached to an aromatic ring is 1. The number of methoxy groups -OCH3 is 1. The Morgan fingerprint density at radius 1 is 1.38 bits per heavy atom. The van der Waals surface area contributed by atoms with Gasteiger partial charge in [-0.3, -0.25) is 4.79 Å². The van der Waals surface area contributed by atoms with Gasteiger partial charge in [0.05, 0.1) is 12.6 Å². The van der Waals surface area contributed by atoms with Crippen molar-refractivity contribution in [3.05, 3.63) is 18.2 Å². The highest BCUT2D eigenvalue weighted by Gasteiger charge is 2.14. The second kappa shape index (κ2) is 6.47. The monoisotopic (exact) mass is 290 g/mol. The van der Waals surface area contributed by atoms with Gasteiger partial charge >= 0.3 is 0 Å². The number of nitrogens with zero attached hydrogens (tertiary/aromatic N) is 3. The zero-order valence-electron chi connectivity index (χ0n) is 12.8. The van der Waals surface area contributed by atoms with Crippen molar-refractivity contribution in [2.24, 2.45) is 0 Å². The van der Waals surface area contributed by atoms with Crippen LogP contribution in [0, 0.1) is 0 Å². The lowest BCUT2D eigenvalue weighted by atomic mass is 10.3. The third-order valence-electron chi connectivity index (χ3n) is 3.66. The van der Waals surface area contributed by atoms with E-state index < -0.39 is 0 Å². The highest BCUT2D eigenvalue weighted by Crippen LogP contribution is 2.26. The average molecular weight is 290 g/mol. The van der Waals surface area contributed by atoms with Crippen LogP contribution in [0.5, 0.6) is 5.75 Å². The molecule has 0 aliphatic heterocycles. The summed E-state index contributed by atoms with van der Waals surface area (Å²) >= 11 is 0. The van der Waals surface area contributed by atoms with E-state index in [9.17, 15) is 4.79 Å². The SMILES string of the molecule is CCN(CC)C(=O)CCn1c(N)nc2c(OC)cccc21. The molecule has 1 heterocycles. The largest absolute Gasteiger partial charge is 0.494 e. The molecule has 1 amide bonds. The maximum absolute atomic E-state index is 12.1. The van der Waals surface area contributed by atoms with Crippen molar-refractivity contribution in [2.75, 3.05) is 25.9 Å². The fourth-order valence-electron chi connectivity index (χ4n) is 2.48. The molecule has 1 aromatic carbocycles. The van der Waals surface area contributed by atoms with Crippen LogP contribution in [-0.2, 0) is 11.3 Å². The number of para-hydroxylation sites is 1. The number of aryl methyl sites for hydroxylation is 1. The van der Waals surface area contributed by atoms with Gasteiger partial charge in [0, 0.05) is 26.1 Å². The Kier molecular flexibility index (Phi) is 4.67. The number of ether oxygens (including phenoxy) is 1. The number of hydrogen-bond donors (Lipinski definition) is 1. The molecule has 0 atom stereocenters. The van der Waals surface area contributed by atoms with Gasteiger partial charge < -0.3 is 19.9 Å². The number of imidazole rings is 1. The number of hydrogen-bond acceptors (Lipinski definition) is 4. The Morgan fingerprint density at radius 2 is 2.10 bits per heavy atom. The van der Waals surface area contributed by atoms with E-state index in [1.165, 1.54) is 0 Å². The summed E-state index contributed by atoms with van der Waals surface area (Å²) in [7, 11) is 1.61. The first-order valence-corrected chi connectivity index (χ1v) is 7.18. The minimum Gasteiger partial charge on any atom is -0.494 e. The molecule has 0 spiro atoms. The Bertz CT molecular complexity index is 632. The number of fused-ring (bicyclic) bond motifs is 1. The molecule has 1 aromatic heterocycles. The highest BCUT2D eigenvalue weighted by molar-refractivity contribution is 5.84. The number of amides is 1. The lowest BCUT2D eigenvalue weighted by Gasteiger charge is -2.18. The maximum Gasteiger partial charge on any atom is 0.224 e. The van der Waals surface area contributed by atoms with Crippen LogP contribution >= 0.6 is 0 Å². The number of benzene rings is 1. The predicted octanol–water partition coefficient (Wildman–Crippen LogP) is 1.89. The molecule has 0 bridgehead atoms. The zero-order chi connectivity index (χ0) is 15.4. The molecular weight excluding hydrogens is 268 g/mol. The fourth-order valence-corrected chi connectivity index (χ4v) is 2.48. The van der Waals surface area contributed by atoms with Crippen molar-refractivity contribution in [1.82, 2.24) is 14.5 Å². The molecule has 0 aliphatic carbocycles. The number of rotatable bonds is 6. The van der Waals surface area contributed by atoms with Gasteiger partial charge in [-0.1, -0.05) is 6.07 Å². The van der Waals surface area contributed by atoms with Crippen molar-refractivity contribution < 1.29 is 9.53 Å². The first-order valence-electron chi connectivity index (χ1n) is 7.18. The van der Waals surface area contributed by atoms with Crippen LogP contribution in [0.2, 0.25) is 0 Å². The third kappa shape index (κ3) is 2.94. The van der Waals surface area contributed by atoms with Gasteiger partial charge in [0.15, 0.2) is 0 Å². The molecule has 0 unspecified atom stereocenters. The van der Waals surface area contributed by atoms with Crippen LogP contribution < -0.4 is 10.5 Å². The molecule has 0 saturated heterocycles. The Balaban J connectivity index is 2.23. The molecule has 0 radical (unpaired) electrons. The molecule has 6 heteroatoms. The zero-order valence-corrected chi connectivity index (χ0v) is 12.8. The smallest absolute Gasteiger partial charge is 0.224 e. The third-order valence-corrected chi connectivity index (χ3v) is 3.66. The van der Waals surface area contributed by atoms with Crippen molar-refractivity contribution in [3.8, 4) is 5.75 Å².